The van der Waals surface area contributed by atoms with Crippen molar-refractivity contribution in [3.8, 4) is 0 Å². The maximum atomic E-state index is 4.33. The molecule has 0 atom stereocenters. The third kappa shape index (κ3) is 1.42. The zero-order valence-electron chi connectivity index (χ0n) is 7.91. The van der Waals surface area contributed by atoms with E-state index in [2.05, 4.69) is 40.0 Å². The number of nitrogens with one attached hydrogen (secondary N) is 1. The smallest absolute Gasteiger partial charge is 0.0996 e. The molecule has 68 valence electrons. The Hall–Kier alpha value is -1.35. The van der Waals surface area contributed by atoms with Gasteiger partial charge in [-0.3, -0.25) is 0 Å². The molecule has 1 N–H and O–H groups in total. The Labute approximate surface area is 77.4 Å². The van der Waals surface area contributed by atoms with E-state index in [1.807, 2.05) is 13.4 Å². The summed E-state index contributed by atoms with van der Waals surface area (Å²) < 4.78 is 2.06. The zero-order valence-corrected chi connectivity index (χ0v) is 7.91. The van der Waals surface area contributed by atoms with Gasteiger partial charge in [-0.2, -0.15) is 0 Å². The predicted octanol–water partition coefficient (Wildman–Crippen LogP) is 1.36. The van der Waals surface area contributed by atoms with Crippen LogP contribution in [0.4, 0.5) is 0 Å². The molecule has 3 nitrogen and oxygen atoms in total. The second kappa shape index (κ2) is 3.18. The molecule has 0 saturated carbocycles. The Morgan fingerprint density at radius 2 is 2.31 bits per heavy atom. The fourth-order valence-corrected chi connectivity index (χ4v) is 1.47. The van der Waals surface area contributed by atoms with Crippen LogP contribution in [0.15, 0.2) is 24.7 Å². The average molecular weight is 175 g/mol. The lowest BCUT2D eigenvalue weighted by atomic mass is 10.2. The van der Waals surface area contributed by atoms with E-state index in [9.17, 15) is 0 Å². The van der Waals surface area contributed by atoms with E-state index in [0.29, 0.717) is 0 Å². The Bertz CT molecular complexity index is 417. The highest BCUT2D eigenvalue weighted by atomic mass is 15.0. The fourth-order valence-electron chi connectivity index (χ4n) is 1.47. The monoisotopic (exact) mass is 175 g/mol. The van der Waals surface area contributed by atoms with Crippen LogP contribution in [0.2, 0.25) is 0 Å². The van der Waals surface area contributed by atoms with Crippen molar-refractivity contribution < 1.29 is 0 Å². The summed E-state index contributed by atoms with van der Waals surface area (Å²) in [5, 5.41) is 3.10. The van der Waals surface area contributed by atoms with Gasteiger partial charge >= 0.3 is 0 Å². The van der Waals surface area contributed by atoms with E-state index >= 15 is 0 Å². The van der Waals surface area contributed by atoms with Crippen LogP contribution in [0.25, 0.3) is 5.52 Å². The molecule has 0 amide bonds. The normalized spacial score (nSPS) is 10.9. The van der Waals surface area contributed by atoms with Crippen molar-refractivity contribution in [3.63, 3.8) is 0 Å². The highest BCUT2D eigenvalue weighted by Gasteiger charge is 2.01. The number of aryl methyl sites for hydroxylation is 1. The molecule has 2 rings (SSSR count). The summed E-state index contributed by atoms with van der Waals surface area (Å²) in [7, 11) is 1.93. The van der Waals surface area contributed by atoms with Crippen molar-refractivity contribution >= 4 is 5.52 Å². The first kappa shape index (κ1) is 8.26. The van der Waals surface area contributed by atoms with Gasteiger partial charge in [-0.15, -0.1) is 0 Å². The molecule has 0 aliphatic carbocycles. The SMILES string of the molecule is CNCc1ncn2cc(C)ccc12. The number of hydrogen-bond donors (Lipinski definition) is 1. The maximum absolute atomic E-state index is 4.33. The standard InChI is InChI=1S/C10H13N3/c1-8-3-4-10-9(5-11-2)12-7-13(10)6-8/h3-4,6-7,11H,5H2,1-2H3. The molecular weight excluding hydrogens is 162 g/mol. The van der Waals surface area contributed by atoms with Gasteiger partial charge < -0.3 is 9.72 Å². The highest BCUT2D eigenvalue weighted by molar-refractivity contribution is 5.52. The first-order chi connectivity index (χ1) is 6.31. The molecule has 2 heterocycles. The van der Waals surface area contributed by atoms with Crippen LogP contribution < -0.4 is 5.32 Å². The largest absolute Gasteiger partial charge is 0.314 e. The zero-order chi connectivity index (χ0) is 9.26. The summed E-state index contributed by atoms with van der Waals surface area (Å²) in [6, 6.07) is 4.21. The molecule has 0 fully saturated rings. The van der Waals surface area contributed by atoms with Gasteiger partial charge in [0.2, 0.25) is 0 Å². The lowest BCUT2D eigenvalue weighted by molar-refractivity contribution is 0.802. The van der Waals surface area contributed by atoms with E-state index < -0.39 is 0 Å². The second-order valence-electron chi connectivity index (χ2n) is 3.22. The number of aromatic nitrogens is 2. The van der Waals surface area contributed by atoms with Crippen LogP contribution in [0.5, 0.6) is 0 Å². The van der Waals surface area contributed by atoms with Crippen molar-refractivity contribution in [2.24, 2.45) is 0 Å². The molecule has 0 spiro atoms. The van der Waals surface area contributed by atoms with Crippen molar-refractivity contribution in [1.29, 1.82) is 0 Å². The van der Waals surface area contributed by atoms with E-state index in [-0.39, 0.29) is 0 Å². The quantitative estimate of drug-likeness (QED) is 0.746. The number of nitrogens with zero attached hydrogens (tertiary/aromatic N) is 2. The van der Waals surface area contributed by atoms with Crippen molar-refractivity contribution in [2.45, 2.75) is 13.5 Å². The van der Waals surface area contributed by atoms with Gasteiger partial charge in [0.1, 0.15) is 0 Å². The molecule has 0 radical (unpaired) electrons. The van der Waals surface area contributed by atoms with E-state index in [0.717, 1.165) is 12.2 Å². The van der Waals surface area contributed by atoms with E-state index in [4.69, 9.17) is 0 Å². The summed E-state index contributed by atoms with van der Waals surface area (Å²) in [6.45, 7) is 2.90. The van der Waals surface area contributed by atoms with Gasteiger partial charge in [-0.1, -0.05) is 6.07 Å². The first-order valence-corrected chi connectivity index (χ1v) is 4.38. The third-order valence-electron chi connectivity index (χ3n) is 2.10. The fraction of sp³-hybridized carbons (Fsp3) is 0.300. The number of fused-ring (bicyclic) bond motifs is 1. The molecule has 0 aliphatic rings. The van der Waals surface area contributed by atoms with Crippen LogP contribution in [-0.4, -0.2) is 16.4 Å². The molecule has 2 aromatic rings. The molecule has 0 unspecified atom stereocenters. The molecule has 0 aliphatic heterocycles. The van der Waals surface area contributed by atoms with Gasteiger partial charge in [0.05, 0.1) is 17.5 Å². The Morgan fingerprint density at radius 3 is 3.08 bits per heavy atom. The Kier molecular flexibility index (Phi) is 2.02. The van der Waals surface area contributed by atoms with Crippen LogP contribution in [-0.2, 0) is 6.54 Å². The molecule has 0 aromatic carbocycles. The molecule has 0 bridgehead atoms. The van der Waals surface area contributed by atoms with Crippen molar-refractivity contribution in [2.75, 3.05) is 7.05 Å². The Morgan fingerprint density at radius 1 is 1.46 bits per heavy atom. The van der Waals surface area contributed by atoms with Crippen molar-refractivity contribution in [1.82, 2.24) is 14.7 Å². The molecule has 3 heteroatoms. The van der Waals surface area contributed by atoms with Crippen LogP contribution in [0.1, 0.15) is 11.3 Å². The number of imidazole rings is 1. The van der Waals surface area contributed by atoms with Gasteiger partial charge in [-0.25, -0.2) is 4.98 Å². The second-order valence-corrected chi connectivity index (χ2v) is 3.22. The number of pyridine rings is 1. The van der Waals surface area contributed by atoms with Gasteiger partial charge in [0.25, 0.3) is 0 Å². The van der Waals surface area contributed by atoms with Gasteiger partial charge in [0.15, 0.2) is 0 Å². The Balaban J connectivity index is 2.55. The van der Waals surface area contributed by atoms with Crippen LogP contribution in [0, 0.1) is 6.92 Å². The summed E-state index contributed by atoms with van der Waals surface area (Å²) in [6.07, 6.45) is 3.94. The number of rotatable bonds is 2. The molecule has 0 saturated heterocycles. The molecule has 2 aromatic heterocycles. The summed E-state index contributed by atoms with van der Waals surface area (Å²) >= 11 is 0. The van der Waals surface area contributed by atoms with Crippen LogP contribution in [0.3, 0.4) is 0 Å². The topological polar surface area (TPSA) is 29.3 Å². The van der Waals surface area contributed by atoms with Gasteiger partial charge in [0, 0.05) is 12.7 Å². The lowest BCUT2D eigenvalue weighted by Gasteiger charge is -1.98. The summed E-state index contributed by atoms with van der Waals surface area (Å²) in [5.74, 6) is 0. The maximum Gasteiger partial charge on any atom is 0.0996 e. The highest BCUT2D eigenvalue weighted by Crippen LogP contribution is 2.10. The van der Waals surface area contributed by atoms with E-state index in [1.165, 1.54) is 11.1 Å². The van der Waals surface area contributed by atoms with Crippen LogP contribution >= 0.6 is 0 Å². The summed E-state index contributed by atoms with van der Waals surface area (Å²) in [4.78, 5) is 4.33. The lowest BCUT2D eigenvalue weighted by Crippen LogP contribution is -2.05. The number of hydrogen-bond acceptors (Lipinski definition) is 2. The molecular formula is C10H13N3. The average Bonchev–Trinajstić information content (AvgIpc) is 2.49. The first-order valence-electron chi connectivity index (χ1n) is 4.38. The minimum absolute atomic E-state index is 0.819. The third-order valence-corrected chi connectivity index (χ3v) is 2.10. The summed E-state index contributed by atoms with van der Waals surface area (Å²) in [5.41, 5.74) is 3.53. The predicted molar refractivity (Wildman–Crippen MR) is 52.7 cm³/mol. The van der Waals surface area contributed by atoms with Crippen molar-refractivity contribution in [3.05, 3.63) is 35.9 Å². The molecule has 13 heavy (non-hydrogen) atoms. The van der Waals surface area contributed by atoms with E-state index in [1.54, 1.807) is 0 Å². The van der Waals surface area contributed by atoms with Gasteiger partial charge in [-0.05, 0) is 25.6 Å². The minimum atomic E-state index is 0.819. The minimum Gasteiger partial charge on any atom is -0.314 e.